The van der Waals surface area contributed by atoms with Crippen molar-refractivity contribution in [3.05, 3.63) is 23.4 Å². The number of benzene rings is 1. The molecule has 0 aliphatic carbocycles. The summed E-state index contributed by atoms with van der Waals surface area (Å²) in [5.41, 5.74) is 6.46. The van der Waals surface area contributed by atoms with Gasteiger partial charge in [-0.15, -0.1) is 0 Å². The van der Waals surface area contributed by atoms with Crippen LogP contribution >= 0.6 is 11.6 Å². The number of rotatable bonds is 0. The summed E-state index contributed by atoms with van der Waals surface area (Å²) >= 11 is 5.82. The number of hydrogen-bond acceptors (Lipinski definition) is 2. The lowest BCUT2D eigenvalue weighted by molar-refractivity contribution is 0.797. The number of aryl methyl sites for hydroxylation is 1. The van der Waals surface area contributed by atoms with Gasteiger partial charge < -0.3 is 5.73 Å². The van der Waals surface area contributed by atoms with Crippen molar-refractivity contribution in [2.45, 2.75) is 0 Å². The van der Waals surface area contributed by atoms with Crippen LogP contribution in [-0.2, 0) is 6.98 Å². The van der Waals surface area contributed by atoms with Gasteiger partial charge in [0, 0.05) is 16.5 Å². The average molecular weight is 185 g/mol. The molecule has 1 aromatic heterocycles. The zero-order valence-corrected chi connectivity index (χ0v) is 6.84. The molecule has 0 amide bonds. The first-order valence-corrected chi connectivity index (χ1v) is 3.70. The maximum absolute atomic E-state index is 7.26. The molecule has 4 heteroatoms. The lowest BCUT2D eigenvalue weighted by atomic mass is 10.2. The largest absolute Gasteiger partial charge is 0.398 e. The SMILES string of the molecule is [2H]C([2H])([2H])n1ncc2cc(N)c(Cl)cc21. The van der Waals surface area contributed by atoms with Gasteiger partial charge in [-0.05, 0) is 12.1 Å². The molecule has 2 aromatic rings. The molecule has 0 radical (unpaired) electrons. The van der Waals surface area contributed by atoms with Gasteiger partial charge in [0.25, 0.3) is 0 Å². The van der Waals surface area contributed by atoms with E-state index in [1.54, 1.807) is 6.07 Å². The molecule has 3 nitrogen and oxygen atoms in total. The Morgan fingerprint density at radius 1 is 1.67 bits per heavy atom. The highest BCUT2D eigenvalue weighted by molar-refractivity contribution is 6.33. The third kappa shape index (κ3) is 0.940. The molecule has 0 spiro atoms. The first-order valence-electron chi connectivity index (χ1n) is 4.83. The fourth-order valence-corrected chi connectivity index (χ4v) is 1.22. The minimum atomic E-state index is -2.30. The second-order valence-electron chi connectivity index (χ2n) is 2.49. The molecule has 62 valence electrons. The Morgan fingerprint density at radius 2 is 2.50 bits per heavy atom. The maximum Gasteiger partial charge on any atom is 0.0695 e. The summed E-state index contributed by atoms with van der Waals surface area (Å²) in [4.78, 5) is 0. The Balaban J connectivity index is 2.75. The van der Waals surface area contributed by atoms with Gasteiger partial charge in [-0.25, -0.2) is 0 Å². The molecular formula is C8H8ClN3. The Bertz CT molecular complexity index is 518. The van der Waals surface area contributed by atoms with Gasteiger partial charge in [-0.1, -0.05) is 11.6 Å². The van der Waals surface area contributed by atoms with E-state index in [4.69, 9.17) is 21.4 Å². The predicted octanol–water partition coefficient (Wildman–Crippen LogP) is 1.81. The van der Waals surface area contributed by atoms with Crippen molar-refractivity contribution in [1.82, 2.24) is 9.78 Å². The summed E-state index contributed by atoms with van der Waals surface area (Å²) in [5.74, 6) is 0. The van der Waals surface area contributed by atoms with E-state index in [-0.39, 0.29) is 0 Å². The van der Waals surface area contributed by atoms with E-state index in [1.165, 1.54) is 12.3 Å². The van der Waals surface area contributed by atoms with E-state index in [9.17, 15) is 0 Å². The van der Waals surface area contributed by atoms with E-state index in [2.05, 4.69) is 5.10 Å². The van der Waals surface area contributed by atoms with Crippen molar-refractivity contribution in [3.63, 3.8) is 0 Å². The molecule has 0 bridgehead atoms. The fourth-order valence-electron chi connectivity index (χ4n) is 1.07. The van der Waals surface area contributed by atoms with Crippen LogP contribution in [0.3, 0.4) is 0 Å². The number of hydrogen-bond donors (Lipinski definition) is 1. The molecule has 0 aliphatic heterocycles. The number of nitrogens with two attached hydrogens (primary N) is 1. The molecule has 12 heavy (non-hydrogen) atoms. The van der Waals surface area contributed by atoms with Crippen molar-refractivity contribution < 1.29 is 4.11 Å². The lowest BCUT2D eigenvalue weighted by Crippen LogP contribution is -1.90. The van der Waals surface area contributed by atoms with Crippen LogP contribution in [-0.4, -0.2) is 9.78 Å². The van der Waals surface area contributed by atoms with Crippen LogP contribution in [0.4, 0.5) is 5.69 Å². The molecule has 0 unspecified atom stereocenters. The third-order valence-corrected chi connectivity index (χ3v) is 2.01. The van der Waals surface area contributed by atoms with Crippen molar-refractivity contribution in [3.8, 4) is 0 Å². The molecule has 2 N–H and O–H groups in total. The summed E-state index contributed by atoms with van der Waals surface area (Å²) in [6.45, 7) is -2.30. The van der Waals surface area contributed by atoms with Gasteiger partial charge in [0.15, 0.2) is 0 Å². The maximum atomic E-state index is 7.26. The van der Waals surface area contributed by atoms with E-state index in [0.717, 1.165) is 4.68 Å². The van der Waals surface area contributed by atoms with Crippen molar-refractivity contribution in [2.75, 3.05) is 5.73 Å². The van der Waals surface area contributed by atoms with Gasteiger partial charge >= 0.3 is 0 Å². The van der Waals surface area contributed by atoms with Crippen LogP contribution in [0.5, 0.6) is 0 Å². The quantitative estimate of drug-likeness (QED) is 0.635. The van der Waals surface area contributed by atoms with Crippen LogP contribution < -0.4 is 5.73 Å². The lowest BCUT2D eigenvalue weighted by Gasteiger charge is -1.98. The zero-order chi connectivity index (χ0) is 11.2. The topological polar surface area (TPSA) is 43.8 Å². The Morgan fingerprint density at radius 3 is 3.25 bits per heavy atom. The summed E-state index contributed by atoms with van der Waals surface area (Å²) in [5, 5.41) is 4.78. The van der Waals surface area contributed by atoms with E-state index < -0.39 is 6.98 Å². The Kier molecular flexibility index (Phi) is 0.938. The number of anilines is 1. The van der Waals surface area contributed by atoms with Crippen molar-refractivity contribution in [2.24, 2.45) is 6.98 Å². The summed E-state index contributed by atoms with van der Waals surface area (Å²) in [6, 6.07) is 3.11. The number of fused-ring (bicyclic) bond motifs is 1. The van der Waals surface area contributed by atoms with E-state index in [1.807, 2.05) is 0 Å². The van der Waals surface area contributed by atoms with Crippen LogP contribution in [0, 0.1) is 0 Å². The van der Waals surface area contributed by atoms with Gasteiger partial charge in [-0.2, -0.15) is 5.10 Å². The zero-order valence-electron chi connectivity index (χ0n) is 9.08. The molecular weight excluding hydrogens is 174 g/mol. The Labute approximate surface area is 78.9 Å². The van der Waals surface area contributed by atoms with Crippen LogP contribution in [0.1, 0.15) is 4.11 Å². The second kappa shape index (κ2) is 2.38. The number of aromatic nitrogens is 2. The highest BCUT2D eigenvalue weighted by Crippen LogP contribution is 2.24. The predicted molar refractivity (Wildman–Crippen MR) is 50.1 cm³/mol. The molecule has 2 rings (SSSR count). The highest BCUT2D eigenvalue weighted by Gasteiger charge is 2.02. The van der Waals surface area contributed by atoms with Crippen molar-refractivity contribution in [1.29, 1.82) is 0 Å². The summed E-state index contributed by atoms with van der Waals surface area (Å²) < 4.78 is 22.7. The van der Waals surface area contributed by atoms with E-state index in [0.29, 0.717) is 21.6 Å². The standard InChI is InChI=1S/C8H8ClN3/c1-12-8-3-6(9)7(10)2-5(8)4-11-12/h2-4H,10H2,1H3/i1D3. The summed E-state index contributed by atoms with van der Waals surface area (Å²) in [6.07, 6.45) is 1.45. The summed E-state index contributed by atoms with van der Waals surface area (Å²) in [7, 11) is 0. The monoisotopic (exact) mass is 184 g/mol. The molecule has 0 saturated carbocycles. The molecule has 1 aromatic carbocycles. The van der Waals surface area contributed by atoms with Crippen LogP contribution in [0.25, 0.3) is 10.9 Å². The van der Waals surface area contributed by atoms with Crippen LogP contribution in [0.15, 0.2) is 18.3 Å². The number of halogens is 1. The first-order chi connectivity index (χ1) is 6.89. The van der Waals surface area contributed by atoms with Gasteiger partial charge in [0.1, 0.15) is 0 Å². The highest BCUT2D eigenvalue weighted by atomic mass is 35.5. The first kappa shape index (κ1) is 4.72. The second-order valence-corrected chi connectivity index (χ2v) is 2.90. The van der Waals surface area contributed by atoms with Crippen LogP contribution in [0.2, 0.25) is 5.02 Å². The van der Waals surface area contributed by atoms with Crippen molar-refractivity contribution >= 4 is 28.2 Å². The Hall–Kier alpha value is -1.22. The van der Waals surface area contributed by atoms with E-state index >= 15 is 0 Å². The number of nitrogens with zero attached hydrogens (tertiary/aromatic N) is 2. The molecule has 0 fully saturated rings. The van der Waals surface area contributed by atoms with Gasteiger partial charge in [-0.3, -0.25) is 4.68 Å². The normalized spacial score (nSPS) is 15.6. The fraction of sp³-hybridized carbons (Fsp3) is 0.125. The van der Waals surface area contributed by atoms with Gasteiger partial charge in [0.2, 0.25) is 0 Å². The molecule has 0 aliphatic rings. The molecule has 1 heterocycles. The average Bonchev–Trinajstić information content (AvgIpc) is 2.47. The third-order valence-electron chi connectivity index (χ3n) is 1.69. The number of nitrogen functional groups attached to an aromatic ring is 1. The smallest absolute Gasteiger partial charge is 0.0695 e. The molecule has 0 saturated heterocycles. The molecule has 0 atom stereocenters. The minimum Gasteiger partial charge on any atom is -0.398 e. The minimum absolute atomic E-state index is 0.327. The van der Waals surface area contributed by atoms with Gasteiger partial charge in [0.05, 0.1) is 22.4 Å².